The molecule has 0 atom stereocenters. The zero-order valence-electron chi connectivity index (χ0n) is 10.7. The van der Waals surface area contributed by atoms with Crippen LogP contribution in [-0.4, -0.2) is 11.6 Å². The molecule has 0 fully saturated rings. The van der Waals surface area contributed by atoms with E-state index in [0.717, 1.165) is 22.7 Å². The van der Waals surface area contributed by atoms with Crippen molar-refractivity contribution in [2.45, 2.75) is 6.42 Å². The van der Waals surface area contributed by atoms with Crippen molar-refractivity contribution in [3.05, 3.63) is 65.9 Å². The van der Waals surface area contributed by atoms with Crippen LogP contribution in [0.15, 0.2) is 48.7 Å². The molecule has 0 spiro atoms. The van der Waals surface area contributed by atoms with Gasteiger partial charge in [-0.3, -0.25) is 0 Å². The number of aromatic nitrogens is 1. The molecule has 0 unspecified atom stereocenters. The van der Waals surface area contributed by atoms with E-state index in [1.807, 2.05) is 30.5 Å². The first kappa shape index (κ1) is 12.7. The van der Waals surface area contributed by atoms with E-state index in [1.165, 1.54) is 6.07 Å². The minimum Gasteiger partial charge on any atom is -0.493 e. The van der Waals surface area contributed by atoms with Crippen molar-refractivity contribution in [1.29, 1.82) is 0 Å². The van der Waals surface area contributed by atoms with Gasteiger partial charge >= 0.3 is 0 Å². The SMILES string of the molecule is Fc1ccc(CCOc2ccc3cc[nH]c3c2)cc1F. The molecule has 3 aromatic rings. The average Bonchev–Trinajstić information content (AvgIpc) is 2.90. The number of fused-ring (bicyclic) bond motifs is 1. The van der Waals surface area contributed by atoms with Gasteiger partial charge in [0.05, 0.1) is 6.61 Å². The second-order valence-electron chi connectivity index (χ2n) is 4.57. The first-order valence-electron chi connectivity index (χ1n) is 6.36. The second kappa shape index (κ2) is 5.33. The van der Waals surface area contributed by atoms with E-state index >= 15 is 0 Å². The summed E-state index contributed by atoms with van der Waals surface area (Å²) in [6.07, 6.45) is 2.40. The first-order valence-corrected chi connectivity index (χ1v) is 6.36. The molecular weight excluding hydrogens is 260 g/mol. The van der Waals surface area contributed by atoms with Crippen LogP contribution in [0.4, 0.5) is 8.78 Å². The van der Waals surface area contributed by atoms with Crippen LogP contribution in [0.5, 0.6) is 5.75 Å². The molecule has 0 saturated carbocycles. The predicted molar refractivity (Wildman–Crippen MR) is 73.9 cm³/mol. The highest BCUT2D eigenvalue weighted by Gasteiger charge is 2.03. The number of hydrogen-bond acceptors (Lipinski definition) is 1. The highest BCUT2D eigenvalue weighted by Crippen LogP contribution is 2.19. The molecule has 20 heavy (non-hydrogen) atoms. The van der Waals surface area contributed by atoms with E-state index in [9.17, 15) is 8.78 Å². The van der Waals surface area contributed by atoms with Crippen LogP contribution in [0.3, 0.4) is 0 Å². The van der Waals surface area contributed by atoms with Crippen LogP contribution in [-0.2, 0) is 6.42 Å². The quantitative estimate of drug-likeness (QED) is 0.761. The van der Waals surface area contributed by atoms with Crippen molar-refractivity contribution in [3.63, 3.8) is 0 Å². The minimum absolute atomic E-state index is 0.414. The summed E-state index contributed by atoms with van der Waals surface area (Å²) in [5.74, 6) is -0.898. The molecule has 0 aliphatic rings. The molecule has 0 aliphatic carbocycles. The molecule has 1 N–H and O–H groups in total. The maximum absolute atomic E-state index is 13.0. The Morgan fingerprint density at radius 3 is 2.70 bits per heavy atom. The fourth-order valence-corrected chi connectivity index (χ4v) is 2.10. The molecule has 0 saturated heterocycles. The lowest BCUT2D eigenvalue weighted by Gasteiger charge is -2.06. The van der Waals surface area contributed by atoms with E-state index < -0.39 is 11.6 Å². The third kappa shape index (κ3) is 2.64. The summed E-state index contributed by atoms with van der Waals surface area (Å²) >= 11 is 0. The zero-order chi connectivity index (χ0) is 13.9. The van der Waals surface area contributed by atoms with Crippen LogP contribution in [0, 0.1) is 11.6 Å². The molecule has 102 valence electrons. The molecule has 0 bridgehead atoms. The molecule has 0 amide bonds. The van der Waals surface area contributed by atoms with Crippen molar-refractivity contribution >= 4 is 10.9 Å². The monoisotopic (exact) mass is 273 g/mol. The van der Waals surface area contributed by atoms with Crippen molar-refractivity contribution in [2.24, 2.45) is 0 Å². The molecular formula is C16H13F2NO. The zero-order valence-corrected chi connectivity index (χ0v) is 10.7. The van der Waals surface area contributed by atoms with Gasteiger partial charge in [-0.2, -0.15) is 0 Å². The Kier molecular flexibility index (Phi) is 3.37. The van der Waals surface area contributed by atoms with Crippen molar-refractivity contribution in [3.8, 4) is 5.75 Å². The Bertz CT molecular complexity index is 736. The van der Waals surface area contributed by atoms with Gasteiger partial charge in [-0.25, -0.2) is 8.78 Å². The van der Waals surface area contributed by atoms with E-state index in [-0.39, 0.29) is 0 Å². The summed E-state index contributed by atoms with van der Waals surface area (Å²) in [5, 5.41) is 1.12. The summed E-state index contributed by atoms with van der Waals surface area (Å²) in [4.78, 5) is 3.11. The van der Waals surface area contributed by atoms with E-state index in [1.54, 1.807) is 6.07 Å². The molecule has 0 aliphatic heterocycles. The van der Waals surface area contributed by atoms with E-state index in [0.29, 0.717) is 18.6 Å². The molecule has 2 aromatic carbocycles. The highest BCUT2D eigenvalue weighted by molar-refractivity contribution is 5.80. The Morgan fingerprint density at radius 1 is 0.950 bits per heavy atom. The smallest absolute Gasteiger partial charge is 0.159 e. The van der Waals surface area contributed by atoms with Crippen molar-refractivity contribution < 1.29 is 13.5 Å². The number of benzene rings is 2. The number of rotatable bonds is 4. The number of H-pyrrole nitrogens is 1. The van der Waals surface area contributed by atoms with E-state index in [4.69, 9.17) is 4.74 Å². The molecule has 4 heteroatoms. The number of halogens is 2. The number of aromatic amines is 1. The average molecular weight is 273 g/mol. The van der Waals surface area contributed by atoms with Crippen LogP contribution in [0.2, 0.25) is 0 Å². The van der Waals surface area contributed by atoms with Crippen LogP contribution in [0.25, 0.3) is 10.9 Å². The lowest BCUT2D eigenvalue weighted by molar-refractivity contribution is 0.322. The third-order valence-corrected chi connectivity index (χ3v) is 3.17. The molecule has 1 heterocycles. The topological polar surface area (TPSA) is 25.0 Å². The van der Waals surface area contributed by atoms with Gasteiger partial charge in [0.2, 0.25) is 0 Å². The summed E-state index contributed by atoms with van der Waals surface area (Å²) in [6.45, 7) is 0.414. The van der Waals surface area contributed by atoms with Crippen molar-refractivity contribution in [2.75, 3.05) is 6.61 Å². The van der Waals surface area contributed by atoms with Gasteiger partial charge in [0.15, 0.2) is 11.6 Å². The summed E-state index contributed by atoms with van der Waals surface area (Å²) in [7, 11) is 0. The molecule has 2 nitrogen and oxygen atoms in total. The lowest BCUT2D eigenvalue weighted by Crippen LogP contribution is -2.02. The molecule has 1 aromatic heterocycles. The molecule has 0 radical (unpaired) electrons. The van der Waals surface area contributed by atoms with Gasteiger partial charge < -0.3 is 9.72 Å². The van der Waals surface area contributed by atoms with Crippen LogP contribution in [0.1, 0.15) is 5.56 Å². The van der Waals surface area contributed by atoms with E-state index in [2.05, 4.69) is 4.98 Å². The fraction of sp³-hybridized carbons (Fsp3) is 0.125. The Labute approximate surface area is 115 Å². The Balaban J connectivity index is 1.62. The summed E-state index contributed by atoms with van der Waals surface area (Å²) < 4.78 is 31.5. The van der Waals surface area contributed by atoms with Gasteiger partial charge in [0.25, 0.3) is 0 Å². The summed E-state index contributed by atoms with van der Waals surface area (Å²) in [5.41, 5.74) is 1.72. The normalized spacial score (nSPS) is 10.9. The number of nitrogens with one attached hydrogen (secondary N) is 1. The van der Waals surface area contributed by atoms with Gasteiger partial charge in [0, 0.05) is 24.2 Å². The van der Waals surface area contributed by atoms with Gasteiger partial charge in [-0.15, -0.1) is 0 Å². The highest BCUT2D eigenvalue weighted by atomic mass is 19.2. The van der Waals surface area contributed by atoms with Gasteiger partial charge in [0.1, 0.15) is 5.75 Å². The Hall–Kier alpha value is -2.36. The number of ether oxygens (including phenoxy) is 1. The van der Waals surface area contributed by atoms with Gasteiger partial charge in [-0.1, -0.05) is 6.07 Å². The Morgan fingerprint density at radius 2 is 1.85 bits per heavy atom. The maximum atomic E-state index is 13.0. The largest absolute Gasteiger partial charge is 0.493 e. The third-order valence-electron chi connectivity index (χ3n) is 3.17. The maximum Gasteiger partial charge on any atom is 0.159 e. The standard InChI is InChI=1S/C16H13F2NO/c17-14-4-1-11(9-15(14)18)6-8-20-13-3-2-12-5-7-19-16(12)10-13/h1-5,7,9-10,19H,6,8H2. The summed E-state index contributed by atoms with van der Waals surface area (Å²) in [6, 6.07) is 11.7. The second-order valence-corrected chi connectivity index (χ2v) is 4.57. The van der Waals surface area contributed by atoms with Gasteiger partial charge in [-0.05, 0) is 41.3 Å². The first-order chi connectivity index (χ1) is 9.72. The number of hydrogen-bond donors (Lipinski definition) is 1. The predicted octanol–water partition coefficient (Wildman–Crippen LogP) is 4.07. The molecule has 3 rings (SSSR count). The fourth-order valence-electron chi connectivity index (χ4n) is 2.10. The van der Waals surface area contributed by atoms with Crippen LogP contribution >= 0.6 is 0 Å². The lowest BCUT2D eigenvalue weighted by atomic mass is 10.1. The van der Waals surface area contributed by atoms with Crippen molar-refractivity contribution in [1.82, 2.24) is 4.98 Å². The minimum atomic E-state index is -0.827. The van der Waals surface area contributed by atoms with Crippen LogP contribution < -0.4 is 4.74 Å².